The molecule has 0 bridgehead atoms. The van der Waals surface area contributed by atoms with E-state index in [-0.39, 0.29) is 6.10 Å². The molecule has 0 radical (unpaired) electrons. The lowest BCUT2D eigenvalue weighted by molar-refractivity contribution is -0.155. The standard InChI is InChI=1S/C36H53NO6/c1-8-10-12-17-32(21-18-28(3)9-2)42-34(38)33(37(7)35(39)43-36(4,5)6)26-29-19-22-31(23-20-29)41-25-24-40-27-30-15-13-11-14-16-30/h9,11,13-16,19-20,22-23,28,32-33H,2,8,10,12,17-18,21,24-27H2,1,3-7H3/t28-,32-,33+/m1/s1. The van der Waals surface area contributed by atoms with Crippen molar-refractivity contribution in [3.05, 3.63) is 78.4 Å². The summed E-state index contributed by atoms with van der Waals surface area (Å²) in [4.78, 5) is 28.0. The molecule has 2 rings (SSSR count). The summed E-state index contributed by atoms with van der Waals surface area (Å²) in [5.74, 6) is 0.625. The van der Waals surface area contributed by atoms with E-state index in [0.717, 1.165) is 49.7 Å². The van der Waals surface area contributed by atoms with Gasteiger partial charge in [0.15, 0.2) is 0 Å². The Morgan fingerprint density at radius 3 is 2.26 bits per heavy atom. The second kappa shape index (κ2) is 19.1. The van der Waals surface area contributed by atoms with E-state index in [2.05, 4.69) is 20.4 Å². The lowest BCUT2D eigenvalue weighted by Crippen LogP contribution is -2.47. The number of likely N-dealkylation sites (N-methyl/N-ethyl adjacent to an activating group) is 1. The molecule has 0 aliphatic heterocycles. The van der Waals surface area contributed by atoms with Gasteiger partial charge in [-0.05, 0) is 75.6 Å². The van der Waals surface area contributed by atoms with Crippen LogP contribution in [0.1, 0.15) is 84.3 Å². The first-order valence-corrected chi connectivity index (χ1v) is 15.6. The highest BCUT2D eigenvalue weighted by Gasteiger charge is 2.33. The fourth-order valence-corrected chi connectivity index (χ4v) is 4.46. The quantitative estimate of drug-likeness (QED) is 0.0927. The highest BCUT2D eigenvalue weighted by atomic mass is 16.6. The predicted octanol–water partition coefficient (Wildman–Crippen LogP) is 8.15. The van der Waals surface area contributed by atoms with Crippen molar-refractivity contribution in [2.75, 3.05) is 20.3 Å². The summed E-state index contributed by atoms with van der Waals surface area (Å²) < 4.78 is 23.2. The maximum Gasteiger partial charge on any atom is 0.410 e. The Balaban J connectivity index is 2.06. The molecule has 0 aliphatic carbocycles. The Morgan fingerprint density at radius 2 is 1.63 bits per heavy atom. The highest BCUT2D eigenvalue weighted by molar-refractivity contribution is 5.82. The van der Waals surface area contributed by atoms with E-state index in [1.54, 1.807) is 7.05 Å². The fourth-order valence-electron chi connectivity index (χ4n) is 4.46. The van der Waals surface area contributed by atoms with Crippen molar-refractivity contribution in [1.29, 1.82) is 0 Å². The molecule has 0 fully saturated rings. The minimum atomic E-state index is -0.835. The minimum absolute atomic E-state index is 0.212. The summed E-state index contributed by atoms with van der Waals surface area (Å²) >= 11 is 0. The lowest BCUT2D eigenvalue weighted by Gasteiger charge is -2.31. The number of carbonyl (C=O) groups is 2. The molecule has 0 unspecified atom stereocenters. The van der Waals surface area contributed by atoms with Gasteiger partial charge in [0, 0.05) is 13.5 Å². The topological polar surface area (TPSA) is 74.3 Å². The van der Waals surface area contributed by atoms with E-state index in [1.807, 2.05) is 81.4 Å². The SMILES string of the molecule is C=C[C@@H](C)CC[C@@H](CCCCC)OC(=O)[C@H](Cc1ccc(OCCOCc2ccccc2)cc1)N(C)C(=O)OC(C)(C)C. The van der Waals surface area contributed by atoms with Crippen molar-refractivity contribution in [2.45, 2.75) is 104 Å². The van der Waals surface area contributed by atoms with Gasteiger partial charge in [-0.25, -0.2) is 9.59 Å². The van der Waals surface area contributed by atoms with Crippen LogP contribution >= 0.6 is 0 Å². The number of rotatable bonds is 19. The molecular weight excluding hydrogens is 542 g/mol. The molecule has 3 atom stereocenters. The Bertz CT molecular complexity index is 1080. The van der Waals surface area contributed by atoms with E-state index in [1.165, 1.54) is 4.90 Å². The number of unbranched alkanes of at least 4 members (excludes halogenated alkanes) is 2. The largest absolute Gasteiger partial charge is 0.491 e. The Hall–Kier alpha value is -3.32. The zero-order valence-electron chi connectivity index (χ0n) is 27.2. The van der Waals surface area contributed by atoms with E-state index in [4.69, 9.17) is 18.9 Å². The molecule has 0 saturated heterocycles. The molecule has 0 saturated carbocycles. The third-order valence-corrected chi connectivity index (χ3v) is 7.14. The second-order valence-electron chi connectivity index (χ2n) is 12.2. The van der Waals surface area contributed by atoms with Gasteiger partial charge in [-0.3, -0.25) is 4.90 Å². The Labute approximate surface area is 259 Å². The van der Waals surface area contributed by atoms with Crippen LogP contribution in [0.2, 0.25) is 0 Å². The van der Waals surface area contributed by atoms with Gasteiger partial charge < -0.3 is 18.9 Å². The fraction of sp³-hybridized carbons (Fsp3) is 0.556. The van der Waals surface area contributed by atoms with Gasteiger partial charge in [0.2, 0.25) is 0 Å². The summed E-state index contributed by atoms with van der Waals surface area (Å²) in [6, 6.07) is 16.7. The number of allylic oxidation sites excluding steroid dienone is 1. The van der Waals surface area contributed by atoms with E-state index >= 15 is 0 Å². The van der Waals surface area contributed by atoms with Gasteiger partial charge >= 0.3 is 12.1 Å². The van der Waals surface area contributed by atoms with Gasteiger partial charge in [0.25, 0.3) is 0 Å². The molecule has 0 aliphatic rings. The lowest BCUT2D eigenvalue weighted by atomic mass is 9.99. The van der Waals surface area contributed by atoms with Crippen molar-refractivity contribution >= 4 is 12.1 Å². The van der Waals surface area contributed by atoms with Crippen LogP contribution in [-0.4, -0.2) is 55.0 Å². The predicted molar refractivity (Wildman–Crippen MR) is 172 cm³/mol. The molecule has 0 heterocycles. The number of hydrogen-bond acceptors (Lipinski definition) is 6. The zero-order valence-corrected chi connectivity index (χ0v) is 27.2. The van der Waals surface area contributed by atoms with Gasteiger partial charge in [-0.1, -0.05) is 75.2 Å². The third-order valence-electron chi connectivity index (χ3n) is 7.14. The van der Waals surface area contributed by atoms with Crippen LogP contribution in [-0.2, 0) is 32.0 Å². The molecular formula is C36H53NO6. The van der Waals surface area contributed by atoms with Gasteiger partial charge in [-0.15, -0.1) is 6.58 Å². The van der Waals surface area contributed by atoms with Gasteiger partial charge in [0.05, 0.1) is 13.2 Å². The molecule has 1 amide bonds. The molecule has 2 aromatic carbocycles. The first kappa shape index (κ1) is 35.9. The smallest absolute Gasteiger partial charge is 0.410 e. The first-order chi connectivity index (χ1) is 20.5. The van der Waals surface area contributed by atoms with Crippen LogP contribution in [0.25, 0.3) is 0 Å². The number of esters is 1. The normalized spacial score (nSPS) is 13.4. The number of hydrogen-bond donors (Lipinski definition) is 0. The molecule has 43 heavy (non-hydrogen) atoms. The molecule has 0 aromatic heterocycles. The van der Waals surface area contributed by atoms with Crippen LogP contribution in [0.3, 0.4) is 0 Å². The zero-order chi connectivity index (χ0) is 31.7. The van der Waals surface area contributed by atoms with Crippen molar-refractivity contribution in [3.63, 3.8) is 0 Å². The molecule has 2 aromatic rings. The highest BCUT2D eigenvalue weighted by Crippen LogP contribution is 2.21. The number of nitrogens with zero attached hydrogens (tertiary/aromatic N) is 1. The van der Waals surface area contributed by atoms with Crippen LogP contribution in [0, 0.1) is 5.92 Å². The monoisotopic (exact) mass is 595 g/mol. The van der Waals surface area contributed by atoms with Crippen molar-refractivity contribution in [2.24, 2.45) is 5.92 Å². The van der Waals surface area contributed by atoms with E-state index in [0.29, 0.717) is 37.9 Å². The number of ether oxygens (including phenoxy) is 4. The van der Waals surface area contributed by atoms with Crippen molar-refractivity contribution in [1.82, 2.24) is 4.90 Å². The summed E-state index contributed by atoms with van der Waals surface area (Å²) in [7, 11) is 1.60. The molecule has 7 heteroatoms. The summed E-state index contributed by atoms with van der Waals surface area (Å²) in [5, 5.41) is 0. The molecule has 7 nitrogen and oxygen atoms in total. The van der Waals surface area contributed by atoms with Crippen molar-refractivity contribution in [3.8, 4) is 5.75 Å². The molecule has 238 valence electrons. The van der Waals surface area contributed by atoms with E-state index in [9.17, 15) is 9.59 Å². The average molecular weight is 596 g/mol. The van der Waals surface area contributed by atoms with E-state index < -0.39 is 23.7 Å². The van der Waals surface area contributed by atoms with Crippen molar-refractivity contribution < 1.29 is 28.5 Å². The maximum atomic E-state index is 13.7. The summed E-state index contributed by atoms with van der Waals surface area (Å²) in [6.45, 7) is 15.0. The second-order valence-corrected chi connectivity index (χ2v) is 12.2. The number of carbonyl (C=O) groups excluding carboxylic acids is 2. The van der Waals surface area contributed by atoms with Crippen LogP contribution in [0.15, 0.2) is 67.3 Å². The number of benzene rings is 2. The van der Waals surface area contributed by atoms with Crippen LogP contribution < -0.4 is 4.74 Å². The Kier molecular flexibility index (Phi) is 15.9. The van der Waals surface area contributed by atoms with Crippen LogP contribution in [0.5, 0.6) is 5.75 Å². The van der Waals surface area contributed by atoms with Crippen LogP contribution in [0.4, 0.5) is 4.79 Å². The minimum Gasteiger partial charge on any atom is -0.491 e. The van der Waals surface area contributed by atoms with Gasteiger partial charge in [-0.2, -0.15) is 0 Å². The summed E-state index contributed by atoms with van der Waals surface area (Å²) in [6.07, 6.45) is 7.05. The molecule has 0 N–H and O–H groups in total. The Morgan fingerprint density at radius 1 is 0.930 bits per heavy atom. The third kappa shape index (κ3) is 14.6. The average Bonchev–Trinajstić information content (AvgIpc) is 2.98. The first-order valence-electron chi connectivity index (χ1n) is 15.6. The summed E-state index contributed by atoms with van der Waals surface area (Å²) in [5.41, 5.74) is 1.32. The number of amides is 1. The maximum absolute atomic E-state index is 13.7. The molecule has 0 spiro atoms. The van der Waals surface area contributed by atoms with Gasteiger partial charge in [0.1, 0.15) is 30.1 Å².